The zero-order valence-electron chi connectivity index (χ0n) is 16.8. The number of anilines is 1. The number of rotatable bonds is 8. The van der Waals surface area contributed by atoms with Crippen molar-refractivity contribution in [2.75, 3.05) is 12.4 Å². The maximum absolute atomic E-state index is 5.75. The number of hydrogen-bond acceptors (Lipinski definition) is 3. The first-order valence-corrected chi connectivity index (χ1v) is 9.76. The number of methoxy groups -OCH3 is 1. The van der Waals surface area contributed by atoms with Gasteiger partial charge >= 0.3 is 0 Å². The molecule has 2 aromatic rings. The second kappa shape index (κ2) is 10.2. The van der Waals surface area contributed by atoms with E-state index in [1.54, 1.807) is 7.11 Å². The highest BCUT2D eigenvalue weighted by Gasteiger charge is 2.15. The van der Waals surface area contributed by atoms with E-state index in [9.17, 15) is 0 Å². The Labute approximate surface area is 168 Å². The van der Waals surface area contributed by atoms with Gasteiger partial charge in [0, 0.05) is 11.8 Å². The first-order valence-electron chi connectivity index (χ1n) is 9.35. The average Bonchev–Trinajstić information content (AvgIpc) is 2.60. The van der Waals surface area contributed by atoms with Crippen LogP contribution in [-0.2, 0) is 0 Å². The topological polar surface area (TPSA) is 42.5 Å². The molecule has 2 rings (SSSR count). The van der Waals surface area contributed by atoms with Gasteiger partial charge < -0.3 is 20.1 Å². The highest BCUT2D eigenvalue weighted by Crippen LogP contribution is 2.24. The molecule has 146 valence electrons. The third-order valence-corrected chi connectivity index (χ3v) is 4.21. The molecule has 0 heterocycles. The second-order valence-corrected chi connectivity index (χ2v) is 7.66. The molecule has 2 aromatic carbocycles. The fraction of sp³-hybridized carbons (Fsp3) is 0.409. The van der Waals surface area contributed by atoms with E-state index in [4.69, 9.17) is 21.7 Å². The zero-order chi connectivity index (χ0) is 19.8. The molecule has 0 fully saturated rings. The number of thiocarbonyl (C=S) groups is 1. The van der Waals surface area contributed by atoms with Crippen LogP contribution in [0.15, 0.2) is 48.5 Å². The highest BCUT2D eigenvalue weighted by molar-refractivity contribution is 7.80. The Balaban J connectivity index is 2.06. The summed E-state index contributed by atoms with van der Waals surface area (Å²) in [5, 5.41) is 7.31. The Hall–Kier alpha value is -2.27. The maximum atomic E-state index is 5.75. The van der Waals surface area contributed by atoms with Crippen molar-refractivity contribution in [2.45, 2.75) is 46.3 Å². The monoisotopic (exact) mass is 386 g/mol. The lowest BCUT2D eigenvalue weighted by molar-refractivity contribution is 0.242. The molecule has 0 saturated heterocycles. The minimum absolute atomic E-state index is 0.131. The standard InChI is InChI=1S/C22H30N2O2S/c1-15(2)13-21(17-9-11-19(25-5)12-10-17)24-22(27)23-18-7-6-8-20(14-18)26-16(3)4/h6-12,14-16,21H,13H2,1-5H3,(H2,23,24,27). The second-order valence-electron chi connectivity index (χ2n) is 7.25. The summed E-state index contributed by atoms with van der Waals surface area (Å²) in [7, 11) is 1.68. The Bertz CT molecular complexity index is 729. The van der Waals surface area contributed by atoms with Crippen LogP contribution >= 0.6 is 12.2 Å². The van der Waals surface area contributed by atoms with Gasteiger partial charge in [-0.3, -0.25) is 0 Å². The molecule has 0 saturated carbocycles. The Morgan fingerprint density at radius 3 is 2.30 bits per heavy atom. The molecule has 0 aliphatic rings. The SMILES string of the molecule is COc1ccc(C(CC(C)C)NC(=S)Nc2cccc(OC(C)C)c2)cc1. The molecule has 5 heteroatoms. The van der Waals surface area contributed by atoms with Crippen LogP contribution in [0.5, 0.6) is 11.5 Å². The first-order chi connectivity index (χ1) is 12.9. The van der Waals surface area contributed by atoms with Crippen molar-refractivity contribution in [2.24, 2.45) is 5.92 Å². The van der Waals surface area contributed by atoms with Gasteiger partial charge in [0.25, 0.3) is 0 Å². The molecule has 27 heavy (non-hydrogen) atoms. The van der Waals surface area contributed by atoms with E-state index in [1.165, 1.54) is 5.56 Å². The van der Waals surface area contributed by atoms with Crippen molar-refractivity contribution in [3.8, 4) is 11.5 Å². The van der Waals surface area contributed by atoms with Crippen LogP contribution in [0.3, 0.4) is 0 Å². The van der Waals surface area contributed by atoms with Gasteiger partial charge in [-0.05, 0) is 68.2 Å². The summed E-state index contributed by atoms with van der Waals surface area (Å²) in [4.78, 5) is 0. The van der Waals surface area contributed by atoms with Gasteiger partial charge in [-0.1, -0.05) is 32.0 Å². The van der Waals surface area contributed by atoms with E-state index >= 15 is 0 Å². The molecule has 1 unspecified atom stereocenters. The molecule has 0 aromatic heterocycles. The van der Waals surface area contributed by atoms with Crippen LogP contribution in [0.1, 0.15) is 45.7 Å². The van der Waals surface area contributed by atoms with E-state index in [1.807, 2.05) is 50.2 Å². The fourth-order valence-corrected chi connectivity index (χ4v) is 3.09. The molecule has 0 amide bonds. The quantitative estimate of drug-likeness (QED) is 0.582. The lowest BCUT2D eigenvalue weighted by atomic mass is 9.97. The zero-order valence-corrected chi connectivity index (χ0v) is 17.6. The number of nitrogens with one attached hydrogen (secondary N) is 2. The van der Waals surface area contributed by atoms with E-state index in [-0.39, 0.29) is 12.1 Å². The van der Waals surface area contributed by atoms with Crippen LogP contribution in [0.4, 0.5) is 5.69 Å². The summed E-state index contributed by atoms with van der Waals surface area (Å²) in [5.41, 5.74) is 2.09. The van der Waals surface area contributed by atoms with Crippen LogP contribution in [0.2, 0.25) is 0 Å². The predicted octanol–water partition coefficient (Wildman–Crippen LogP) is 5.56. The lowest BCUT2D eigenvalue weighted by Gasteiger charge is -2.23. The van der Waals surface area contributed by atoms with Crippen LogP contribution in [0, 0.1) is 5.92 Å². The third-order valence-electron chi connectivity index (χ3n) is 3.99. The van der Waals surface area contributed by atoms with Crippen LogP contribution in [-0.4, -0.2) is 18.3 Å². The normalized spacial score (nSPS) is 12.0. The van der Waals surface area contributed by atoms with Crippen molar-refractivity contribution in [1.82, 2.24) is 5.32 Å². The van der Waals surface area contributed by atoms with E-state index in [2.05, 4.69) is 36.6 Å². The van der Waals surface area contributed by atoms with Crippen molar-refractivity contribution in [1.29, 1.82) is 0 Å². The summed E-state index contributed by atoms with van der Waals surface area (Å²) >= 11 is 5.56. The number of hydrogen-bond donors (Lipinski definition) is 2. The van der Waals surface area contributed by atoms with E-state index in [0.29, 0.717) is 11.0 Å². The maximum Gasteiger partial charge on any atom is 0.171 e. The van der Waals surface area contributed by atoms with Crippen LogP contribution < -0.4 is 20.1 Å². The van der Waals surface area contributed by atoms with Gasteiger partial charge in [0.2, 0.25) is 0 Å². The van der Waals surface area contributed by atoms with Crippen molar-refractivity contribution in [3.05, 3.63) is 54.1 Å². The number of benzene rings is 2. The molecule has 0 aliphatic carbocycles. The van der Waals surface area contributed by atoms with Gasteiger partial charge in [-0.25, -0.2) is 0 Å². The summed E-state index contributed by atoms with van der Waals surface area (Å²) in [6, 6.07) is 16.1. The Kier molecular flexibility index (Phi) is 7.92. The van der Waals surface area contributed by atoms with Gasteiger partial charge in [0.05, 0.1) is 19.3 Å². The largest absolute Gasteiger partial charge is 0.497 e. The molecular weight excluding hydrogens is 356 g/mol. The molecule has 0 spiro atoms. The fourth-order valence-electron chi connectivity index (χ4n) is 2.83. The van der Waals surface area contributed by atoms with Gasteiger partial charge in [0.1, 0.15) is 11.5 Å². The van der Waals surface area contributed by atoms with Gasteiger partial charge in [0.15, 0.2) is 5.11 Å². The first kappa shape index (κ1) is 21.0. The molecule has 4 nitrogen and oxygen atoms in total. The third kappa shape index (κ3) is 7.10. The van der Waals surface area contributed by atoms with Gasteiger partial charge in [-0.15, -0.1) is 0 Å². The van der Waals surface area contributed by atoms with Crippen molar-refractivity contribution in [3.63, 3.8) is 0 Å². The summed E-state index contributed by atoms with van der Waals surface area (Å²) in [6.45, 7) is 8.44. The molecule has 1 atom stereocenters. The average molecular weight is 387 g/mol. The van der Waals surface area contributed by atoms with Crippen LogP contribution in [0.25, 0.3) is 0 Å². The van der Waals surface area contributed by atoms with Gasteiger partial charge in [-0.2, -0.15) is 0 Å². The Morgan fingerprint density at radius 2 is 1.70 bits per heavy atom. The predicted molar refractivity (Wildman–Crippen MR) is 117 cm³/mol. The molecular formula is C22H30N2O2S. The Morgan fingerprint density at radius 1 is 1.00 bits per heavy atom. The lowest BCUT2D eigenvalue weighted by Crippen LogP contribution is -2.33. The highest BCUT2D eigenvalue weighted by atomic mass is 32.1. The molecule has 0 aliphatic heterocycles. The minimum atomic E-state index is 0.131. The van der Waals surface area contributed by atoms with Crippen molar-refractivity contribution >= 4 is 23.0 Å². The summed E-state index contributed by atoms with van der Waals surface area (Å²) < 4.78 is 11.0. The van der Waals surface area contributed by atoms with E-state index in [0.717, 1.165) is 23.6 Å². The molecule has 0 radical (unpaired) electrons. The van der Waals surface area contributed by atoms with Crippen molar-refractivity contribution < 1.29 is 9.47 Å². The summed E-state index contributed by atoms with van der Waals surface area (Å²) in [6.07, 6.45) is 1.11. The smallest absolute Gasteiger partial charge is 0.171 e. The minimum Gasteiger partial charge on any atom is -0.497 e. The molecule has 2 N–H and O–H groups in total. The molecule has 0 bridgehead atoms. The number of ether oxygens (including phenoxy) is 2. The van der Waals surface area contributed by atoms with E-state index < -0.39 is 0 Å². The summed E-state index contributed by atoms with van der Waals surface area (Å²) in [5.74, 6) is 2.21.